The van der Waals surface area contributed by atoms with Gasteiger partial charge >= 0.3 is 0 Å². The van der Waals surface area contributed by atoms with Crippen LogP contribution in [0.3, 0.4) is 0 Å². The lowest BCUT2D eigenvalue weighted by atomic mass is 10.1. The molecule has 3 aromatic carbocycles. The summed E-state index contributed by atoms with van der Waals surface area (Å²) >= 11 is 6.10. The van der Waals surface area contributed by atoms with E-state index in [1.54, 1.807) is 48.5 Å². The van der Waals surface area contributed by atoms with Crippen molar-refractivity contribution in [1.29, 1.82) is 0 Å². The number of hydrogen-bond acceptors (Lipinski definition) is 4. The summed E-state index contributed by atoms with van der Waals surface area (Å²) < 4.78 is 29.2. The summed E-state index contributed by atoms with van der Waals surface area (Å²) in [5, 5.41) is 3.69. The molecule has 0 spiro atoms. The number of benzene rings is 3. The summed E-state index contributed by atoms with van der Waals surface area (Å²) in [7, 11) is -4.10. The number of nitrogens with one attached hydrogen (secondary N) is 1. The molecule has 1 N–H and O–H groups in total. The maximum Gasteiger partial charge on any atom is 0.264 e. The van der Waals surface area contributed by atoms with Gasteiger partial charge < -0.3 is 10.2 Å². The summed E-state index contributed by atoms with van der Waals surface area (Å²) in [6, 6.07) is 20.1. The zero-order valence-corrected chi connectivity index (χ0v) is 25.4. The lowest BCUT2D eigenvalue weighted by Crippen LogP contribution is -2.53. The molecule has 2 amide bonds. The molecule has 1 saturated carbocycles. The monoisotopic (exact) mass is 595 g/mol. The standard InChI is InChI=1S/C32H38ClN3O4S/c1-4-29(32(38)34-27-10-6-7-11-27)35(21-25-15-17-26(33)18-16-25)31(37)22-36(30-12-8-5-9-24(30)3)41(39,40)28-19-13-23(2)14-20-28/h5,8-9,12-20,27,29H,4,6-7,10-11,21-22H2,1-3H3,(H,34,38)/t29-/m1/s1. The topological polar surface area (TPSA) is 86.8 Å². The molecule has 218 valence electrons. The van der Waals surface area contributed by atoms with E-state index in [0.717, 1.165) is 41.1 Å². The van der Waals surface area contributed by atoms with Crippen molar-refractivity contribution in [3.63, 3.8) is 0 Å². The van der Waals surface area contributed by atoms with Crippen LogP contribution in [0.4, 0.5) is 5.69 Å². The zero-order valence-electron chi connectivity index (χ0n) is 23.8. The third kappa shape index (κ3) is 7.49. The normalized spacial score (nSPS) is 14.4. The van der Waals surface area contributed by atoms with Crippen LogP contribution in [0.15, 0.2) is 77.7 Å². The highest BCUT2D eigenvalue weighted by Gasteiger charge is 2.35. The minimum atomic E-state index is -4.10. The van der Waals surface area contributed by atoms with Gasteiger partial charge in [-0.25, -0.2) is 8.42 Å². The third-order valence-electron chi connectivity index (χ3n) is 7.63. The summed E-state index contributed by atoms with van der Waals surface area (Å²) in [4.78, 5) is 29.3. The SMILES string of the molecule is CC[C@H](C(=O)NC1CCCC1)N(Cc1ccc(Cl)cc1)C(=O)CN(c1ccccc1C)S(=O)(=O)c1ccc(C)cc1. The number of aryl methyl sites for hydroxylation is 2. The average molecular weight is 596 g/mol. The Balaban J connectivity index is 1.72. The second-order valence-electron chi connectivity index (χ2n) is 10.7. The number of carbonyl (C=O) groups is 2. The van der Waals surface area contributed by atoms with Crippen LogP contribution in [0.2, 0.25) is 5.02 Å². The number of para-hydroxylation sites is 1. The van der Waals surface area contributed by atoms with Crippen LogP contribution in [0.5, 0.6) is 0 Å². The molecule has 1 aliphatic carbocycles. The van der Waals surface area contributed by atoms with Gasteiger partial charge in [0.15, 0.2) is 0 Å². The first-order chi connectivity index (χ1) is 19.6. The molecule has 1 atom stereocenters. The average Bonchev–Trinajstić information content (AvgIpc) is 3.46. The second kappa shape index (κ2) is 13.5. The van der Waals surface area contributed by atoms with Gasteiger partial charge in [0.25, 0.3) is 10.0 Å². The van der Waals surface area contributed by atoms with Crippen LogP contribution in [-0.2, 0) is 26.2 Å². The highest BCUT2D eigenvalue weighted by atomic mass is 35.5. The van der Waals surface area contributed by atoms with E-state index in [4.69, 9.17) is 11.6 Å². The number of halogens is 1. The molecule has 0 aromatic heterocycles. The van der Waals surface area contributed by atoms with Crippen LogP contribution >= 0.6 is 11.6 Å². The van der Waals surface area contributed by atoms with Crippen molar-refractivity contribution in [2.45, 2.75) is 76.4 Å². The van der Waals surface area contributed by atoms with Crippen molar-refractivity contribution in [3.8, 4) is 0 Å². The van der Waals surface area contributed by atoms with Crippen molar-refractivity contribution in [3.05, 3.63) is 94.5 Å². The van der Waals surface area contributed by atoms with Crippen LogP contribution in [0.1, 0.15) is 55.7 Å². The van der Waals surface area contributed by atoms with E-state index in [0.29, 0.717) is 22.7 Å². The van der Waals surface area contributed by atoms with Crippen molar-refractivity contribution >= 4 is 39.1 Å². The fourth-order valence-corrected chi connectivity index (χ4v) is 6.87. The van der Waals surface area contributed by atoms with Gasteiger partial charge in [0.05, 0.1) is 10.6 Å². The van der Waals surface area contributed by atoms with E-state index in [1.165, 1.54) is 4.90 Å². The van der Waals surface area contributed by atoms with Crippen LogP contribution in [0, 0.1) is 13.8 Å². The Morgan fingerprint density at radius 2 is 1.59 bits per heavy atom. The van der Waals surface area contributed by atoms with Gasteiger partial charge in [-0.05, 0) is 74.6 Å². The first-order valence-corrected chi connectivity index (χ1v) is 15.9. The molecule has 0 saturated heterocycles. The zero-order chi connectivity index (χ0) is 29.6. The van der Waals surface area contributed by atoms with Crippen LogP contribution in [-0.4, -0.2) is 43.8 Å². The van der Waals surface area contributed by atoms with E-state index in [-0.39, 0.29) is 23.4 Å². The number of hydrogen-bond donors (Lipinski definition) is 1. The molecule has 1 fully saturated rings. The van der Waals surface area contributed by atoms with Gasteiger partial charge in [-0.2, -0.15) is 0 Å². The number of nitrogens with zero attached hydrogens (tertiary/aromatic N) is 2. The second-order valence-corrected chi connectivity index (χ2v) is 13.0. The number of anilines is 1. The molecule has 41 heavy (non-hydrogen) atoms. The molecule has 0 aliphatic heterocycles. The molecule has 9 heteroatoms. The fourth-order valence-electron chi connectivity index (χ4n) is 5.27. The first-order valence-electron chi connectivity index (χ1n) is 14.1. The maximum absolute atomic E-state index is 14.2. The minimum absolute atomic E-state index is 0.0921. The van der Waals surface area contributed by atoms with Gasteiger partial charge in [0, 0.05) is 17.6 Å². The van der Waals surface area contributed by atoms with Gasteiger partial charge in [0.1, 0.15) is 12.6 Å². The van der Waals surface area contributed by atoms with Gasteiger partial charge in [-0.1, -0.05) is 79.4 Å². The summed E-state index contributed by atoms with van der Waals surface area (Å²) in [6.45, 7) is 5.24. The van der Waals surface area contributed by atoms with Crippen LogP contribution in [0.25, 0.3) is 0 Å². The molecule has 4 rings (SSSR count). The number of carbonyl (C=O) groups excluding carboxylic acids is 2. The molecular formula is C32H38ClN3O4S. The Bertz CT molecular complexity index is 1450. The third-order valence-corrected chi connectivity index (χ3v) is 9.65. The van der Waals surface area contributed by atoms with E-state index < -0.39 is 28.5 Å². The Hall–Kier alpha value is -3.36. The van der Waals surface area contributed by atoms with E-state index in [2.05, 4.69) is 5.32 Å². The van der Waals surface area contributed by atoms with E-state index in [1.807, 2.05) is 45.0 Å². The summed E-state index contributed by atoms with van der Waals surface area (Å²) in [5.74, 6) is -0.683. The molecule has 7 nitrogen and oxygen atoms in total. The summed E-state index contributed by atoms with van der Waals surface area (Å²) in [6.07, 6.45) is 4.36. The largest absolute Gasteiger partial charge is 0.352 e. The Kier molecular flexibility index (Phi) is 10.1. The molecular weight excluding hydrogens is 558 g/mol. The Morgan fingerprint density at radius 1 is 0.951 bits per heavy atom. The predicted octanol–water partition coefficient (Wildman–Crippen LogP) is 6.02. The molecule has 0 radical (unpaired) electrons. The molecule has 0 heterocycles. The smallest absolute Gasteiger partial charge is 0.264 e. The lowest BCUT2D eigenvalue weighted by molar-refractivity contribution is -0.140. The first kappa shape index (κ1) is 30.6. The number of rotatable bonds is 11. The highest BCUT2D eigenvalue weighted by Crippen LogP contribution is 2.28. The van der Waals surface area contributed by atoms with Crippen molar-refractivity contribution in [2.75, 3.05) is 10.8 Å². The Labute approximate surface area is 248 Å². The Morgan fingerprint density at radius 3 is 2.20 bits per heavy atom. The number of sulfonamides is 1. The maximum atomic E-state index is 14.2. The minimum Gasteiger partial charge on any atom is -0.352 e. The highest BCUT2D eigenvalue weighted by molar-refractivity contribution is 7.92. The van der Waals surface area contributed by atoms with Crippen molar-refractivity contribution in [1.82, 2.24) is 10.2 Å². The molecule has 0 bridgehead atoms. The van der Waals surface area contributed by atoms with E-state index in [9.17, 15) is 18.0 Å². The van der Waals surface area contributed by atoms with E-state index >= 15 is 0 Å². The van der Waals surface area contributed by atoms with Crippen molar-refractivity contribution in [2.24, 2.45) is 0 Å². The lowest BCUT2D eigenvalue weighted by Gasteiger charge is -2.34. The van der Waals surface area contributed by atoms with Crippen molar-refractivity contribution < 1.29 is 18.0 Å². The molecule has 1 aliphatic rings. The van der Waals surface area contributed by atoms with Gasteiger partial charge in [-0.15, -0.1) is 0 Å². The fraction of sp³-hybridized carbons (Fsp3) is 0.375. The predicted molar refractivity (Wildman–Crippen MR) is 163 cm³/mol. The number of amides is 2. The van der Waals surface area contributed by atoms with Crippen LogP contribution < -0.4 is 9.62 Å². The van der Waals surface area contributed by atoms with Gasteiger partial charge in [-0.3, -0.25) is 13.9 Å². The van der Waals surface area contributed by atoms with Gasteiger partial charge in [0.2, 0.25) is 11.8 Å². The summed E-state index contributed by atoms with van der Waals surface area (Å²) in [5.41, 5.74) is 2.84. The molecule has 3 aromatic rings. The quantitative estimate of drug-likeness (QED) is 0.294. The molecule has 0 unspecified atom stereocenters.